The molecule has 0 aromatic heterocycles. The zero-order chi connectivity index (χ0) is 28.6. The fourth-order valence-corrected chi connectivity index (χ4v) is 5.73. The first-order valence-corrected chi connectivity index (χ1v) is 12.5. The lowest BCUT2D eigenvalue weighted by Crippen LogP contribution is -2.43. The van der Waals surface area contributed by atoms with Crippen molar-refractivity contribution in [2.75, 3.05) is 27.3 Å². The van der Waals surface area contributed by atoms with Gasteiger partial charge in [-0.15, -0.1) is 0 Å². The molecule has 14 nitrogen and oxygen atoms in total. The van der Waals surface area contributed by atoms with Crippen molar-refractivity contribution in [2.24, 2.45) is 11.8 Å². The minimum Gasteiger partial charge on any atom is -0.473 e. The number of carboxylic acid groups (broad SMARTS) is 4. The summed E-state index contributed by atoms with van der Waals surface area (Å²) in [5.41, 5.74) is 0. The number of piperidine rings is 2. The molecular weight excluding hydrogens is 508 g/mol. The third-order valence-corrected chi connectivity index (χ3v) is 7.80. The Morgan fingerprint density at radius 3 is 1.00 bits per heavy atom. The van der Waals surface area contributed by atoms with E-state index in [1.165, 1.54) is 25.7 Å². The van der Waals surface area contributed by atoms with Gasteiger partial charge in [-0.3, -0.25) is 9.59 Å². The lowest BCUT2D eigenvalue weighted by Gasteiger charge is -2.35. The molecule has 4 saturated heterocycles. The molecule has 4 N–H and O–H groups in total. The zero-order valence-electron chi connectivity index (χ0n) is 21.5. The first kappa shape index (κ1) is 31.0. The number of ether oxygens (including phenoxy) is 2. The maximum atomic E-state index is 12.3. The smallest absolute Gasteiger partial charge is 0.414 e. The van der Waals surface area contributed by atoms with Crippen LogP contribution in [0.15, 0.2) is 0 Å². The first-order chi connectivity index (χ1) is 17.8. The molecule has 6 atom stereocenters. The van der Waals surface area contributed by atoms with Crippen LogP contribution in [0.2, 0.25) is 0 Å². The Hall–Kier alpha value is -3.26. The molecule has 0 spiro atoms. The molecule has 4 bridgehead atoms. The number of hydrogen-bond donors (Lipinski definition) is 4. The molecule has 4 rings (SSSR count). The van der Waals surface area contributed by atoms with Gasteiger partial charge in [0.05, 0.1) is 11.8 Å². The third-order valence-electron chi connectivity index (χ3n) is 7.80. The van der Waals surface area contributed by atoms with Crippen molar-refractivity contribution in [2.45, 2.75) is 75.5 Å². The Balaban J connectivity index is 0.000000355. The molecular formula is C24H36N2O12. The second-order valence-corrected chi connectivity index (χ2v) is 9.99. The second kappa shape index (κ2) is 14.0. The van der Waals surface area contributed by atoms with E-state index in [0.29, 0.717) is 24.2 Å². The molecule has 4 aliphatic heterocycles. The number of carboxylic acids is 4. The van der Waals surface area contributed by atoms with Gasteiger partial charge in [-0.05, 0) is 65.5 Å². The topological polar surface area (TPSA) is 208 Å². The molecule has 214 valence electrons. The van der Waals surface area contributed by atoms with E-state index in [0.717, 1.165) is 25.7 Å². The highest BCUT2D eigenvalue weighted by Crippen LogP contribution is 2.38. The fourth-order valence-electron chi connectivity index (χ4n) is 5.73. The number of nitrogens with zero attached hydrogens (tertiary/aromatic N) is 2. The molecule has 4 aliphatic rings. The quantitative estimate of drug-likeness (QED) is 0.206. The summed E-state index contributed by atoms with van der Waals surface area (Å²) in [5.74, 6) is -7.48. The zero-order valence-corrected chi connectivity index (χ0v) is 21.5. The molecule has 0 aliphatic carbocycles. The van der Waals surface area contributed by atoms with Gasteiger partial charge in [0.1, 0.15) is 13.2 Å². The highest BCUT2D eigenvalue weighted by Gasteiger charge is 2.42. The van der Waals surface area contributed by atoms with Gasteiger partial charge in [-0.1, -0.05) is 0 Å². The van der Waals surface area contributed by atoms with E-state index >= 15 is 0 Å². The Bertz CT molecular complexity index is 785. The number of carbonyl (C=O) groups excluding carboxylic acids is 2. The van der Waals surface area contributed by atoms with Crippen LogP contribution in [0.1, 0.15) is 51.4 Å². The van der Waals surface area contributed by atoms with Crippen molar-refractivity contribution in [3.63, 3.8) is 0 Å². The van der Waals surface area contributed by atoms with Crippen molar-refractivity contribution >= 4 is 35.8 Å². The number of carbonyl (C=O) groups is 6. The molecule has 0 saturated carbocycles. The summed E-state index contributed by atoms with van der Waals surface area (Å²) in [6, 6.07) is 2.13. The molecule has 0 aromatic rings. The highest BCUT2D eigenvalue weighted by molar-refractivity contribution is 6.27. The van der Waals surface area contributed by atoms with Gasteiger partial charge in [0.15, 0.2) is 0 Å². The number of aliphatic carboxylic acids is 4. The minimum atomic E-state index is -1.82. The van der Waals surface area contributed by atoms with Gasteiger partial charge < -0.3 is 39.7 Å². The molecule has 0 amide bonds. The second-order valence-electron chi connectivity index (χ2n) is 9.99. The summed E-state index contributed by atoms with van der Waals surface area (Å²) in [4.78, 5) is 65.9. The van der Waals surface area contributed by atoms with E-state index in [9.17, 15) is 9.59 Å². The Morgan fingerprint density at radius 2 is 0.789 bits per heavy atom. The molecule has 0 radical (unpaired) electrons. The standard InChI is InChI=1S/C20H32N2O4.2C2H2O4/c1-21-15-3-4-16(21)10-13(9-15)19(23)25-7-8-26-20(24)14-11-17-5-6-18(12-14)22(17)2;2*3-1(4)2(5)6/h13-18H,3-12H2,1-2H3;2*(H,3,4)(H,5,6)/t13?,14?,15-,16+,17-,18+;;. The third kappa shape index (κ3) is 8.65. The molecule has 4 heterocycles. The van der Waals surface area contributed by atoms with Crippen molar-refractivity contribution in [1.29, 1.82) is 0 Å². The van der Waals surface area contributed by atoms with Crippen LogP contribution in [0.4, 0.5) is 0 Å². The van der Waals surface area contributed by atoms with Crippen molar-refractivity contribution in [1.82, 2.24) is 9.80 Å². The fraction of sp³-hybridized carbons (Fsp3) is 0.750. The number of hydrogen-bond acceptors (Lipinski definition) is 10. The van der Waals surface area contributed by atoms with Crippen LogP contribution in [-0.4, -0.2) is 118 Å². The van der Waals surface area contributed by atoms with E-state index < -0.39 is 23.9 Å². The van der Waals surface area contributed by atoms with Crippen molar-refractivity contribution in [3.05, 3.63) is 0 Å². The van der Waals surface area contributed by atoms with E-state index in [2.05, 4.69) is 23.9 Å². The number of rotatable bonds is 5. The lowest BCUT2D eigenvalue weighted by atomic mass is 9.91. The van der Waals surface area contributed by atoms with Crippen LogP contribution in [0.5, 0.6) is 0 Å². The number of esters is 2. The molecule has 4 fully saturated rings. The highest BCUT2D eigenvalue weighted by atomic mass is 16.6. The van der Waals surface area contributed by atoms with E-state index in [-0.39, 0.29) is 37.0 Å². The van der Waals surface area contributed by atoms with Gasteiger partial charge >= 0.3 is 35.8 Å². The average molecular weight is 545 g/mol. The predicted molar refractivity (Wildman–Crippen MR) is 127 cm³/mol. The summed E-state index contributed by atoms with van der Waals surface area (Å²) in [5, 5.41) is 29.6. The summed E-state index contributed by atoms with van der Waals surface area (Å²) >= 11 is 0. The summed E-state index contributed by atoms with van der Waals surface area (Å²) in [6.45, 7) is 0.372. The van der Waals surface area contributed by atoms with Gasteiger partial charge in [0.2, 0.25) is 0 Å². The van der Waals surface area contributed by atoms with Crippen LogP contribution < -0.4 is 0 Å². The Morgan fingerprint density at radius 1 is 0.553 bits per heavy atom. The summed E-state index contributed by atoms with van der Waals surface area (Å²) in [6.07, 6.45) is 8.41. The lowest BCUT2D eigenvalue weighted by molar-refractivity contribution is -0.159. The SMILES string of the molecule is CN1[C@@H]2CC[C@H]1CC(C(=O)OCCOC(=O)C1C[C@H]3CC[C@@H](C1)N3C)C2.O=C(O)C(=O)O.O=C(O)C(=O)O. The van der Waals surface area contributed by atoms with Gasteiger partial charge in [0.25, 0.3) is 0 Å². The largest absolute Gasteiger partial charge is 0.473 e. The van der Waals surface area contributed by atoms with Crippen LogP contribution in [0, 0.1) is 11.8 Å². The molecule has 14 heteroatoms. The summed E-state index contributed by atoms with van der Waals surface area (Å²) in [7, 11) is 4.33. The average Bonchev–Trinajstić information content (AvgIpc) is 3.18. The maximum Gasteiger partial charge on any atom is 0.414 e. The van der Waals surface area contributed by atoms with E-state index in [1.54, 1.807) is 0 Å². The minimum absolute atomic E-state index is 0.0175. The van der Waals surface area contributed by atoms with Gasteiger partial charge in [-0.2, -0.15) is 0 Å². The van der Waals surface area contributed by atoms with Crippen molar-refractivity contribution in [3.8, 4) is 0 Å². The Kier molecular flexibility index (Phi) is 11.4. The number of fused-ring (bicyclic) bond motifs is 4. The normalized spacial score (nSPS) is 29.5. The van der Waals surface area contributed by atoms with Crippen LogP contribution in [0.25, 0.3) is 0 Å². The van der Waals surface area contributed by atoms with E-state index in [1.807, 2.05) is 0 Å². The maximum absolute atomic E-state index is 12.3. The van der Waals surface area contributed by atoms with Crippen LogP contribution in [0.3, 0.4) is 0 Å². The first-order valence-electron chi connectivity index (χ1n) is 12.5. The van der Waals surface area contributed by atoms with Crippen LogP contribution >= 0.6 is 0 Å². The van der Waals surface area contributed by atoms with Crippen LogP contribution in [-0.2, 0) is 38.2 Å². The van der Waals surface area contributed by atoms with Crippen molar-refractivity contribution < 1.29 is 58.7 Å². The van der Waals surface area contributed by atoms with E-state index in [4.69, 9.17) is 49.1 Å². The van der Waals surface area contributed by atoms with Gasteiger partial charge in [0, 0.05) is 24.2 Å². The monoisotopic (exact) mass is 544 g/mol. The predicted octanol–water partition coefficient (Wildman–Crippen LogP) is 0.130. The van der Waals surface area contributed by atoms with Gasteiger partial charge in [-0.25, -0.2) is 19.2 Å². The summed E-state index contributed by atoms with van der Waals surface area (Å²) < 4.78 is 10.8. The molecule has 0 aromatic carbocycles. The Labute approximate surface area is 219 Å². The molecule has 2 unspecified atom stereocenters. The molecule has 38 heavy (non-hydrogen) atoms.